The van der Waals surface area contributed by atoms with Gasteiger partial charge in [-0.3, -0.25) is 4.79 Å². The monoisotopic (exact) mass is 278 g/mol. The van der Waals surface area contributed by atoms with Gasteiger partial charge in [-0.15, -0.1) is 0 Å². The molecule has 0 spiro atoms. The van der Waals surface area contributed by atoms with Crippen molar-refractivity contribution in [1.82, 2.24) is 9.97 Å². The van der Waals surface area contributed by atoms with Gasteiger partial charge in [0, 0.05) is 0 Å². The fourth-order valence-electron chi connectivity index (χ4n) is 1.71. The van der Waals surface area contributed by atoms with Gasteiger partial charge < -0.3 is 14.8 Å². The molecule has 0 aromatic carbocycles. The van der Waals surface area contributed by atoms with Crippen LogP contribution in [0.1, 0.15) is 13.8 Å². The maximum Gasteiger partial charge on any atom is 0.421 e. The smallest absolute Gasteiger partial charge is 0.421 e. The second kappa shape index (κ2) is 5.16. The molecule has 2 amide bonds. The molecule has 1 aliphatic rings. The van der Waals surface area contributed by atoms with Crippen LogP contribution in [-0.4, -0.2) is 35.1 Å². The number of aromatic nitrogens is 2. The second-order valence-corrected chi connectivity index (χ2v) is 4.20. The Morgan fingerprint density at radius 2 is 2.25 bits per heavy atom. The predicted molar refractivity (Wildman–Crippen MR) is 70.4 cm³/mol. The average Bonchev–Trinajstić information content (AvgIpc) is 2.38. The Kier molecular flexibility index (Phi) is 3.55. The number of hydrogen-bond donors (Lipinski definition) is 1. The topological polar surface area (TPSA) is 93.7 Å². The molecule has 8 heteroatoms. The number of rotatable bonds is 2. The van der Waals surface area contributed by atoms with E-state index in [4.69, 9.17) is 9.47 Å². The van der Waals surface area contributed by atoms with Crippen molar-refractivity contribution in [3.05, 3.63) is 18.5 Å². The molecule has 0 radical (unpaired) electrons. The lowest BCUT2D eigenvalue weighted by molar-refractivity contribution is -0.117. The van der Waals surface area contributed by atoms with E-state index in [1.54, 1.807) is 6.92 Å². The summed E-state index contributed by atoms with van der Waals surface area (Å²) in [6, 6.07) is -0.686. The molecule has 1 N–H and O–H groups in total. The van der Waals surface area contributed by atoms with Crippen LogP contribution in [0.25, 0.3) is 0 Å². The number of methoxy groups -OCH3 is 1. The fourth-order valence-corrected chi connectivity index (χ4v) is 1.71. The van der Waals surface area contributed by atoms with Gasteiger partial charge in [0.25, 0.3) is 0 Å². The minimum atomic E-state index is -0.769. The molecule has 1 aromatic heterocycles. The standard InChI is InChI=1S/C12H14N4O4/c1-6(2)20-12(18)16-7(3)10(17)14-8-5-13-11(19-4)15-9(8)16/h5,7H,1H2,2-4H3,(H,14,17). The Morgan fingerprint density at radius 3 is 2.85 bits per heavy atom. The first-order chi connectivity index (χ1) is 9.43. The number of anilines is 2. The first kappa shape index (κ1) is 13.8. The molecule has 0 aliphatic carbocycles. The third-order valence-electron chi connectivity index (χ3n) is 2.64. The molecule has 8 nitrogen and oxygen atoms in total. The number of fused-ring (bicyclic) bond motifs is 1. The molecule has 2 rings (SSSR count). The fraction of sp³-hybridized carbons (Fsp3) is 0.333. The third kappa shape index (κ3) is 2.40. The van der Waals surface area contributed by atoms with Gasteiger partial charge in [0.15, 0.2) is 5.82 Å². The van der Waals surface area contributed by atoms with Crippen molar-refractivity contribution >= 4 is 23.5 Å². The van der Waals surface area contributed by atoms with E-state index >= 15 is 0 Å². The van der Waals surface area contributed by atoms with Crippen LogP contribution in [0.15, 0.2) is 18.5 Å². The number of ether oxygens (including phenoxy) is 2. The number of nitrogens with zero attached hydrogens (tertiary/aromatic N) is 3. The largest absolute Gasteiger partial charge is 0.467 e. The molecule has 0 fully saturated rings. The lowest BCUT2D eigenvalue weighted by Gasteiger charge is -2.32. The van der Waals surface area contributed by atoms with E-state index in [2.05, 4.69) is 21.9 Å². The van der Waals surface area contributed by atoms with Crippen LogP contribution >= 0.6 is 0 Å². The molecular weight excluding hydrogens is 264 g/mol. The van der Waals surface area contributed by atoms with Crippen molar-refractivity contribution in [2.24, 2.45) is 0 Å². The number of hydrogen-bond acceptors (Lipinski definition) is 6. The number of carbonyl (C=O) groups is 2. The highest BCUT2D eigenvalue weighted by Gasteiger charge is 2.37. The summed E-state index contributed by atoms with van der Waals surface area (Å²) in [4.78, 5) is 33.0. The number of carbonyl (C=O) groups excluding carboxylic acids is 2. The first-order valence-electron chi connectivity index (χ1n) is 5.82. The van der Waals surface area contributed by atoms with Crippen LogP contribution in [0.3, 0.4) is 0 Å². The third-order valence-corrected chi connectivity index (χ3v) is 2.64. The van der Waals surface area contributed by atoms with E-state index in [-0.39, 0.29) is 23.5 Å². The minimum absolute atomic E-state index is 0.0835. The van der Waals surface area contributed by atoms with Crippen LogP contribution in [0.2, 0.25) is 0 Å². The Morgan fingerprint density at radius 1 is 1.55 bits per heavy atom. The Labute approximate surface area is 115 Å². The van der Waals surface area contributed by atoms with E-state index in [9.17, 15) is 9.59 Å². The summed E-state index contributed by atoms with van der Waals surface area (Å²) in [5.74, 6) is 0.0795. The summed E-state index contributed by atoms with van der Waals surface area (Å²) in [5.41, 5.74) is 0.313. The zero-order valence-electron chi connectivity index (χ0n) is 11.3. The predicted octanol–water partition coefficient (Wildman–Crippen LogP) is 1.30. The van der Waals surface area contributed by atoms with Crippen LogP contribution < -0.4 is 15.0 Å². The van der Waals surface area contributed by atoms with Crippen molar-refractivity contribution < 1.29 is 19.1 Å². The molecule has 1 aliphatic heterocycles. The maximum absolute atomic E-state index is 12.1. The molecule has 0 saturated heterocycles. The molecule has 1 unspecified atom stereocenters. The molecular formula is C12H14N4O4. The molecule has 0 saturated carbocycles. The Balaban J connectivity index is 2.47. The van der Waals surface area contributed by atoms with Gasteiger partial charge in [-0.25, -0.2) is 14.7 Å². The van der Waals surface area contributed by atoms with Gasteiger partial charge in [0.05, 0.1) is 19.1 Å². The minimum Gasteiger partial charge on any atom is -0.467 e. The van der Waals surface area contributed by atoms with Crippen LogP contribution in [0.4, 0.5) is 16.3 Å². The molecule has 20 heavy (non-hydrogen) atoms. The van der Waals surface area contributed by atoms with E-state index in [0.29, 0.717) is 5.69 Å². The molecule has 1 aromatic rings. The van der Waals surface area contributed by atoms with Crippen LogP contribution in [-0.2, 0) is 9.53 Å². The van der Waals surface area contributed by atoms with Gasteiger partial charge >= 0.3 is 12.1 Å². The van der Waals surface area contributed by atoms with Gasteiger partial charge in [-0.2, -0.15) is 4.98 Å². The van der Waals surface area contributed by atoms with Gasteiger partial charge in [0.2, 0.25) is 5.91 Å². The van der Waals surface area contributed by atoms with E-state index in [1.807, 2.05) is 0 Å². The molecule has 2 heterocycles. The van der Waals surface area contributed by atoms with Gasteiger partial charge in [-0.1, -0.05) is 6.58 Å². The highest BCUT2D eigenvalue weighted by Crippen LogP contribution is 2.31. The highest BCUT2D eigenvalue weighted by atomic mass is 16.6. The summed E-state index contributed by atoms with van der Waals surface area (Å²) in [5, 5.41) is 2.61. The Bertz CT molecular complexity index is 587. The average molecular weight is 278 g/mol. The van der Waals surface area contributed by atoms with Crippen molar-refractivity contribution in [2.75, 3.05) is 17.3 Å². The summed E-state index contributed by atoms with van der Waals surface area (Å²) in [7, 11) is 1.41. The van der Waals surface area contributed by atoms with E-state index in [0.717, 1.165) is 4.90 Å². The first-order valence-corrected chi connectivity index (χ1v) is 5.82. The van der Waals surface area contributed by atoms with Crippen LogP contribution in [0, 0.1) is 0 Å². The van der Waals surface area contributed by atoms with Crippen molar-refractivity contribution in [1.29, 1.82) is 0 Å². The number of allylic oxidation sites excluding steroid dienone is 1. The number of nitrogens with one attached hydrogen (secondary N) is 1. The normalized spacial score (nSPS) is 17.1. The molecule has 0 bridgehead atoms. The van der Waals surface area contributed by atoms with Gasteiger partial charge in [-0.05, 0) is 13.8 Å². The van der Waals surface area contributed by atoms with Crippen molar-refractivity contribution in [3.8, 4) is 6.01 Å². The zero-order chi connectivity index (χ0) is 14.9. The molecule has 1 atom stereocenters. The maximum atomic E-state index is 12.1. The van der Waals surface area contributed by atoms with Crippen molar-refractivity contribution in [2.45, 2.75) is 19.9 Å². The van der Waals surface area contributed by atoms with Crippen molar-refractivity contribution in [3.63, 3.8) is 0 Å². The highest BCUT2D eigenvalue weighted by molar-refractivity contribution is 6.09. The zero-order valence-corrected chi connectivity index (χ0v) is 11.3. The lowest BCUT2D eigenvalue weighted by Crippen LogP contribution is -2.50. The number of amides is 2. The summed E-state index contributed by atoms with van der Waals surface area (Å²) < 4.78 is 9.87. The van der Waals surface area contributed by atoms with Crippen LogP contribution in [0.5, 0.6) is 6.01 Å². The lowest BCUT2D eigenvalue weighted by atomic mass is 10.2. The summed E-state index contributed by atoms with van der Waals surface area (Å²) in [6.45, 7) is 6.59. The van der Waals surface area contributed by atoms with E-state index in [1.165, 1.54) is 20.2 Å². The summed E-state index contributed by atoms with van der Waals surface area (Å²) in [6.07, 6.45) is 0.633. The molecule has 106 valence electrons. The second-order valence-electron chi connectivity index (χ2n) is 4.20. The van der Waals surface area contributed by atoms with Gasteiger partial charge in [0.1, 0.15) is 11.7 Å². The summed E-state index contributed by atoms with van der Waals surface area (Å²) >= 11 is 0. The SMILES string of the molecule is C=C(C)OC(=O)N1c2nc(OC)ncc2NC(=O)C1C. The van der Waals surface area contributed by atoms with E-state index < -0.39 is 12.1 Å². The quantitative estimate of drug-likeness (QED) is 0.819. The Hall–Kier alpha value is -2.64.